The summed E-state index contributed by atoms with van der Waals surface area (Å²) in [6, 6.07) is 3.64. The van der Waals surface area contributed by atoms with Crippen molar-refractivity contribution in [1.29, 1.82) is 0 Å². The standard InChI is InChI=1S/C13H20N2O3S/c1-4-13(2,11(16)17)9-14-12(18)15(3)8-10-6-5-7-19-10/h5-7H,4,8-9H2,1-3H3,(H,14,18)(H,16,17). The number of thiophene rings is 1. The van der Waals surface area contributed by atoms with Crippen molar-refractivity contribution in [2.24, 2.45) is 5.41 Å². The van der Waals surface area contributed by atoms with Gasteiger partial charge in [0, 0.05) is 18.5 Å². The van der Waals surface area contributed by atoms with E-state index in [9.17, 15) is 9.59 Å². The van der Waals surface area contributed by atoms with E-state index >= 15 is 0 Å². The van der Waals surface area contributed by atoms with Crippen molar-refractivity contribution in [3.05, 3.63) is 22.4 Å². The van der Waals surface area contributed by atoms with Crippen LogP contribution in [0.4, 0.5) is 4.79 Å². The van der Waals surface area contributed by atoms with Crippen LogP contribution in [0.25, 0.3) is 0 Å². The Bertz CT molecular complexity index is 433. The molecule has 19 heavy (non-hydrogen) atoms. The van der Waals surface area contributed by atoms with Crippen LogP contribution in [0.3, 0.4) is 0 Å². The third-order valence-electron chi connectivity index (χ3n) is 3.25. The molecule has 0 saturated heterocycles. The van der Waals surface area contributed by atoms with Crippen molar-refractivity contribution in [2.75, 3.05) is 13.6 Å². The maximum absolute atomic E-state index is 11.9. The maximum Gasteiger partial charge on any atom is 0.317 e. The first-order valence-corrected chi connectivity index (χ1v) is 7.02. The molecule has 0 aliphatic carbocycles. The van der Waals surface area contributed by atoms with Crippen molar-refractivity contribution >= 4 is 23.3 Å². The quantitative estimate of drug-likeness (QED) is 0.842. The van der Waals surface area contributed by atoms with Crippen LogP contribution in [0.1, 0.15) is 25.1 Å². The molecule has 1 unspecified atom stereocenters. The second-order valence-electron chi connectivity index (χ2n) is 4.81. The van der Waals surface area contributed by atoms with Gasteiger partial charge in [0.1, 0.15) is 0 Å². The van der Waals surface area contributed by atoms with Crippen molar-refractivity contribution in [3.8, 4) is 0 Å². The highest BCUT2D eigenvalue weighted by atomic mass is 32.1. The molecule has 1 atom stereocenters. The lowest BCUT2D eigenvalue weighted by atomic mass is 9.88. The minimum absolute atomic E-state index is 0.131. The van der Waals surface area contributed by atoms with Crippen LogP contribution in [0.2, 0.25) is 0 Å². The first-order valence-electron chi connectivity index (χ1n) is 6.14. The molecule has 0 fully saturated rings. The second kappa shape index (κ2) is 6.56. The van der Waals surface area contributed by atoms with Crippen molar-refractivity contribution in [1.82, 2.24) is 10.2 Å². The zero-order valence-corrected chi connectivity index (χ0v) is 12.3. The lowest BCUT2D eigenvalue weighted by Crippen LogP contribution is -2.44. The summed E-state index contributed by atoms with van der Waals surface area (Å²) in [5, 5.41) is 13.8. The zero-order valence-electron chi connectivity index (χ0n) is 11.5. The number of nitrogens with one attached hydrogen (secondary N) is 1. The van der Waals surface area contributed by atoms with Gasteiger partial charge in [-0.2, -0.15) is 0 Å². The molecule has 0 aromatic carbocycles. The first-order chi connectivity index (χ1) is 8.89. The van der Waals surface area contributed by atoms with Gasteiger partial charge in [0.2, 0.25) is 0 Å². The maximum atomic E-state index is 11.9. The third-order valence-corrected chi connectivity index (χ3v) is 4.11. The van der Waals surface area contributed by atoms with E-state index in [1.165, 1.54) is 0 Å². The molecule has 0 radical (unpaired) electrons. The van der Waals surface area contributed by atoms with E-state index < -0.39 is 11.4 Å². The van der Waals surface area contributed by atoms with Gasteiger partial charge in [0.25, 0.3) is 0 Å². The van der Waals surface area contributed by atoms with E-state index in [1.54, 1.807) is 37.1 Å². The van der Waals surface area contributed by atoms with Gasteiger partial charge in [-0.05, 0) is 24.8 Å². The number of rotatable bonds is 6. The highest BCUT2D eigenvalue weighted by Gasteiger charge is 2.31. The molecular formula is C13H20N2O3S. The molecule has 1 rings (SSSR count). The number of nitrogens with zero attached hydrogens (tertiary/aromatic N) is 1. The Morgan fingerprint density at radius 1 is 1.53 bits per heavy atom. The van der Waals surface area contributed by atoms with Crippen LogP contribution < -0.4 is 5.32 Å². The minimum atomic E-state index is -0.917. The van der Waals surface area contributed by atoms with Gasteiger partial charge in [-0.1, -0.05) is 13.0 Å². The fraction of sp³-hybridized carbons (Fsp3) is 0.538. The van der Waals surface area contributed by atoms with Crippen LogP contribution in [0, 0.1) is 5.41 Å². The molecule has 0 spiro atoms. The minimum Gasteiger partial charge on any atom is -0.481 e. The smallest absolute Gasteiger partial charge is 0.317 e. The summed E-state index contributed by atoms with van der Waals surface area (Å²) in [6.07, 6.45) is 0.469. The number of carboxylic acids is 1. The van der Waals surface area contributed by atoms with Crippen LogP contribution in [0.5, 0.6) is 0 Å². The van der Waals surface area contributed by atoms with E-state index in [0.717, 1.165) is 4.88 Å². The molecule has 6 heteroatoms. The van der Waals surface area contributed by atoms with Gasteiger partial charge in [0.05, 0.1) is 12.0 Å². The molecule has 0 aliphatic heterocycles. The van der Waals surface area contributed by atoms with Gasteiger partial charge in [-0.3, -0.25) is 4.79 Å². The predicted octanol–water partition coefficient (Wildman–Crippen LogP) is 2.39. The predicted molar refractivity (Wildman–Crippen MR) is 75.2 cm³/mol. The van der Waals surface area contributed by atoms with E-state index in [0.29, 0.717) is 13.0 Å². The normalized spacial score (nSPS) is 13.6. The summed E-state index contributed by atoms with van der Waals surface area (Å²) in [5.74, 6) is -0.892. The largest absolute Gasteiger partial charge is 0.481 e. The van der Waals surface area contributed by atoms with E-state index in [1.807, 2.05) is 17.5 Å². The van der Waals surface area contributed by atoms with E-state index in [-0.39, 0.29) is 12.6 Å². The molecule has 2 amide bonds. The van der Waals surface area contributed by atoms with Gasteiger partial charge in [0.15, 0.2) is 0 Å². The number of amides is 2. The Labute approximate surface area is 117 Å². The summed E-state index contributed by atoms with van der Waals surface area (Å²) in [6.45, 7) is 4.09. The van der Waals surface area contributed by atoms with Crippen molar-refractivity contribution in [3.63, 3.8) is 0 Å². The number of hydrogen-bond donors (Lipinski definition) is 2. The first kappa shape index (κ1) is 15.5. The van der Waals surface area contributed by atoms with Crippen LogP contribution in [0.15, 0.2) is 17.5 Å². The molecule has 0 bridgehead atoms. The number of carbonyl (C=O) groups is 2. The van der Waals surface area contributed by atoms with Crippen LogP contribution in [-0.4, -0.2) is 35.6 Å². The van der Waals surface area contributed by atoms with Gasteiger partial charge < -0.3 is 15.3 Å². The second-order valence-corrected chi connectivity index (χ2v) is 5.85. The monoisotopic (exact) mass is 284 g/mol. The Morgan fingerprint density at radius 3 is 2.68 bits per heavy atom. The highest BCUT2D eigenvalue weighted by Crippen LogP contribution is 2.20. The number of aliphatic carboxylic acids is 1. The molecule has 2 N–H and O–H groups in total. The SMILES string of the molecule is CCC(C)(CNC(=O)N(C)Cc1cccs1)C(=O)O. The van der Waals surface area contributed by atoms with Crippen LogP contribution >= 0.6 is 11.3 Å². The number of carboxylic acid groups (broad SMARTS) is 1. The Balaban J connectivity index is 2.48. The van der Waals surface area contributed by atoms with Crippen molar-refractivity contribution in [2.45, 2.75) is 26.8 Å². The van der Waals surface area contributed by atoms with E-state index in [4.69, 9.17) is 5.11 Å². The Hall–Kier alpha value is -1.56. The van der Waals surface area contributed by atoms with Crippen molar-refractivity contribution < 1.29 is 14.7 Å². The van der Waals surface area contributed by atoms with Crippen LogP contribution in [-0.2, 0) is 11.3 Å². The summed E-state index contributed by atoms with van der Waals surface area (Å²) < 4.78 is 0. The van der Waals surface area contributed by atoms with Gasteiger partial charge in [-0.25, -0.2) is 4.79 Å². The molecule has 1 heterocycles. The van der Waals surface area contributed by atoms with Gasteiger partial charge in [-0.15, -0.1) is 11.3 Å². The fourth-order valence-electron chi connectivity index (χ4n) is 1.47. The zero-order chi connectivity index (χ0) is 14.5. The molecular weight excluding hydrogens is 264 g/mol. The van der Waals surface area contributed by atoms with E-state index in [2.05, 4.69) is 5.32 Å². The molecule has 0 aliphatic rings. The Morgan fingerprint density at radius 2 is 2.21 bits per heavy atom. The molecule has 1 aromatic heterocycles. The number of hydrogen-bond acceptors (Lipinski definition) is 3. The molecule has 106 valence electrons. The lowest BCUT2D eigenvalue weighted by molar-refractivity contribution is -0.147. The Kier molecular flexibility index (Phi) is 5.35. The number of carbonyl (C=O) groups excluding carboxylic acids is 1. The summed E-state index contributed by atoms with van der Waals surface area (Å²) in [4.78, 5) is 25.6. The topological polar surface area (TPSA) is 69.6 Å². The lowest BCUT2D eigenvalue weighted by Gasteiger charge is -2.25. The average Bonchev–Trinajstić information content (AvgIpc) is 2.87. The average molecular weight is 284 g/mol. The molecule has 0 saturated carbocycles. The fourth-order valence-corrected chi connectivity index (χ4v) is 2.22. The summed E-state index contributed by atoms with van der Waals surface area (Å²) >= 11 is 1.59. The molecule has 5 nitrogen and oxygen atoms in total. The number of urea groups is 1. The summed E-state index contributed by atoms with van der Waals surface area (Å²) in [7, 11) is 1.69. The summed E-state index contributed by atoms with van der Waals surface area (Å²) in [5.41, 5.74) is -0.917. The van der Waals surface area contributed by atoms with Gasteiger partial charge >= 0.3 is 12.0 Å². The molecule has 1 aromatic rings. The highest BCUT2D eigenvalue weighted by molar-refractivity contribution is 7.09. The third kappa shape index (κ3) is 4.24.